The van der Waals surface area contributed by atoms with Crippen LogP contribution in [0.1, 0.15) is 15.9 Å². The van der Waals surface area contributed by atoms with Gasteiger partial charge in [-0.05, 0) is 17.7 Å². The minimum Gasteiger partial charge on any atom is -0.465 e. The highest BCUT2D eigenvalue weighted by Gasteiger charge is 2.09. The van der Waals surface area contributed by atoms with E-state index in [1.54, 1.807) is 18.2 Å². The summed E-state index contributed by atoms with van der Waals surface area (Å²) in [5.41, 5.74) is 7.44. The van der Waals surface area contributed by atoms with Crippen LogP contribution in [0.5, 0.6) is 0 Å². The Morgan fingerprint density at radius 2 is 2.33 bits per heavy atom. The molecule has 0 atom stereocenters. The predicted molar refractivity (Wildman–Crippen MR) is 65.0 cm³/mol. The number of nitrogen functional groups attached to an aromatic ring is 1. The maximum Gasteiger partial charge on any atom is 0.338 e. The number of methoxy groups -OCH3 is 1. The van der Waals surface area contributed by atoms with Crippen LogP contribution in [0.3, 0.4) is 0 Å². The van der Waals surface area contributed by atoms with Gasteiger partial charge < -0.3 is 10.5 Å². The van der Waals surface area contributed by atoms with Gasteiger partial charge in [-0.15, -0.1) is 0 Å². The van der Waals surface area contributed by atoms with Crippen molar-refractivity contribution in [1.29, 1.82) is 0 Å². The summed E-state index contributed by atoms with van der Waals surface area (Å²) in [6.07, 6.45) is 3.75. The number of nitrogens with two attached hydrogens (primary N) is 1. The quantitative estimate of drug-likeness (QED) is 0.521. The number of ether oxygens (including phenoxy) is 1. The van der Waals surface area contributed by atoms with E-state index >= 15 is 0 Å². The highest BCUT2D eigenvalue weighted by Crippen LogP contribution is 2.16. The van der Waals surface area contributed by atoms with Crippen molar-refractivity contribution in [3.8, 4) is 0 Å². The Bertz CT molecular complexity index is 388. The summed E-state index contributed by atoms with van der Waals surface area (Å²) in [5, 5.41) is 0.734. The van der Waals surface area contributed by atoms with Crippen molar-refractivity contribution in [2.45, 2.75) is 0 Å². The largest absolute Gasteiger partial charge is 0.465 e. The van der Waals surface area contributed by atoms with Crippen LogP contribution < -0.4 is 5.73 Å². The third kappa shape index (κ3) is 3.09. The van der Waals surface area contributed by atoms with E-state index in [4.69, 9.17) is 5.73 Å². The molecule has 0 saturated heterocycles. The summed E-state index contributed by atoms with van der Waals surface area (Å²) in [6, 6.07) is 5.15. The molecule has 0 aliphatic heterocycles. The van der Waals surface area contributed by atoms with Crippen molar-refractivity contribution in [3.63, 3.8) is 0 Å². The third-order valence-electron chi connectivity index (χ3n) is 1.87. The van der Waals surface area contributed by atoms with Crippen LogP contribution in [-0.4, -0.2) is 18.4 Å². The zero-order valence-electron chi connectivity index (χ0n) is 8.37. The lowest BCUT2D eigenvalue weighted by atomic mass is 10.1. The van der Waals surface area contributed by atoms with Crippen LogP contribution in [0.15, 0.2) is 24.3 Å². The summed E-state index contributed by atoms with van der Waals surface area (Å²) < 4.78 is 4.67. The van der Waals surface area contributed by atoms with Gasteiger partial charge in [0.05, 0.1) is 12.7 Å². The van der Waals surface area contributed by atoms with Crippen LogP contribution in [0.25, 0.3) is 6.08 Å². The molecule has 1 aromatic carbocycles. The first-order valence-corrected chi connectivity index (χ1v) is 5.51. The van der Waals surface area contributed by atoms with Gasteiger partial charge in [0.1, 0.15) is 0 Å². The number of anilines is 1. The topological polar surface area (TPSA) is 52.3 Å². The van der Waals surface area contributed by atoms with E-state index in [0.29, 0.717) is 11.3 Å². The van der Waals surface area contributed by atoms with Crippen LogP contribution in [0, 0.1) is 0 Å². The molecule has 80 valence electrons. The normalized spacial score (nSPS) is 10.5. The number of hydrogen-bond donors (Lipinski definition) is 1. The molecule has 0 amide bonds. The fraction of sp³-hybridized carbons (Fsp3) is 0.182. The van der Waals surface area contributed by atoms with Gasteiger partial charge in [-0.2, -0.15) is 0 Å². The average Bonchev–Trinajstić information content (AvgIpc) is 2.26. The molecule has 0 spiro atoms. The molecule has 0 aliphatic carbocycles. The Morgan fingerprint density at radius 3 is 2.93 bits per heavy atom. The summed E-state index contributed by atoms with van der Waals surface area (Å²) in [7, 11) is 1.35. The first-order chi connectivity index (χ1) is 7.19. The van der Waals surface area contributed by atoms with Gasteiger partial charge in [-0.1, -0.05) is 34.1 Å². The predicted octanol–water partition coefficient (Wildman–Crippen LogP) is 2.46. The van der Waals surface area contributed by atoms with Crippen molar-refractivity contribution in [1.82, 2.24) is 0 Å². The molecule has 0 bridgehead atoms. The standard InChI is InChI=1S/C11H12BrNO2/c1-15-11(14)10-7-9(13)5-4-8(10)3-2-6-12/h2-5,7H,6,13H2,1H3. The van der Waals surface area contributed by atoms with Gasteiger partial charge in [-0.25, -0.2) is 4.79 Å². The second-order valence-corrected chi connectivity index (χ2v) is 3.54. The van der Waals surface area contributed by atoms with E-state index in [9.17, 15) is 4.79 Å². The molecule has 0 heterocycles. The van der Waals surface area contributed by atoms with Gasteiger partial charge in [-0.3, -0.25) is 0 Å². The number of esters is 1. The van der Waals surface area contributed by atoms with Crippen molar-refractivity contribution in [2.24, 2.45) is 0 Å². The zero-order chi connectivity index (χ0) is 11.3. The Kier molecular flexibility index (Phi) is 4.37. The number of carbonyl (C=O) groups excluding carboxylic acids is 1. The number of alkyl halides is 1. The van der Waals surface area contributed by atoms with E-state index in [1.807, 2.05) is 12.2 Å². The Morgan fingerprint density at radius 1 is 1.60 bits per heavy atom. The lowest BCUT2D eigenvalue weighted by Gasteiger charge is -2.04. The molecule has 1 aromatic rings. The highest BCUT2D eigenvalue weighted by molar-refractivity contribution is 9.09. The minimum atomic E-state index is -0.378. The smallest absolute Gasteiger partial charge is 0.338 e. The second kappa shape index (κ2) is 5.56. The highest BCUT2D eigenvalue weighted by atomic mass is 79.9. The lowest BCUT2D eigenvalue weighted by Crippen LogP contribution is -2.04. The van der Waals surface area contributed by atoms with E-state index in [2.05, 4.69) is 20.7 Å². The molecular weight excluding hydrogens is 258 g/mol. The van der Waals surface area contributed by atoms with Crippen LogP contribution in [0.2, 0.25) is 0 Å². The van der Waals surface area contributed by atoms with Crippen molar-refractivity contribution >= 4 is 33.7 Å². The number of allylic oxidation sites excluding steroid dienone is 1. The fourth-order valence-electron chi connectivity index (χ4n) is 1.18. The minimum absolute atomic E-state index is 0.378. The summed E-state index contributed by atoms with van der Waals surface area (Å²) in [4.78, 5) is 11.4. The molecule has 15 heavy (non-hydrogen) atoms. The lowest BCUT2D eigenvalue weighted by molar-refractivity contribution is 0.0600. The maximum absolute atomic E-state index is 11.4. The SMILES string of the molecule is COC(=O)c1cc(N)ccc1C=CCBr. The Hall–Kier alpha value is -1.29. The van der Waals surface area contributed by atoms with Gasteiger partial charge in [0.15, 0.2) is 0 Å². The number of rotatable bonds is 3. The molecule has 0 aromatic heterocycles. The monoisotopic (exact) mass is 269 g/mol. The van der Waals surface area contributed by atoms with Crippen LogP contribution in [-0.2, 0) is 4.74 Å². The first-order valence-electron chi connectivity index (χ1n) is 4.39. The van der Waals surface area contributed by atoms with Crippen molar-refractivity contribution in [3.05, 3.63) is 35.4 Å². The number of hydrogen-bond acceptors (Lipinski definition) is 3. The summed E-state index contributed by atoms with van der Waals surface area (Å²) in [5.74, 6) is -0.378. The fourth-order valence-corrected chi connectivity index (χ4v) is 1.36. The summed E-state index contributed by atoms with van der Waals surface area (Å²) >= 11 is 3.27. The first kappa shape index (κ1) is 11.8. The number of carbonyl (C=O) groups is 1. The molecule has 0 saturated carbocycles. The molecule has 0 unspecified atom stereocenters. The van der Waals surface area contributed by atoms with Crippen LogP contribution >= 0.6 is 15.9 Å². The van der Waals surface area contributed by atoms with E-state index in [1.165, 1.54) is 7.11 Å². The third-order valence-corrected chi connectivity index (χ3v) is 2.24. The number of halogens is 1. The number of benzene rings is 1. The molecule has 3 nitrogen and oxygen atoms in total. The van der Waals surface area contributed by atoms with Gasteiger partial charge in [0.25, 0.3) is 0 Å². The van der Waals surface area contributed by atoms with E-state index in [-0.39, 0.29) is 5.97 Å². The second-order valence-electron chi connectivity index (χ2n) is 2.89. The van der Waals surface area contributed by atoms with Gasteiger partial charge >= 0.3 is 5.97 Å². The van der Waals surface area contributed by atoms with Crippen molar-refractivity contribution < 1.29 is 9.53 Å². The van der Waals surface area contributed by atoms with E-state index in [0.717, 1.165) is 10.9 Å². The summed E-state index contributed by atoms with van der Waals surface area (Å²) in [6.45, 7) is 0. The van der Waals surface area contributed by atoms with Gasteiger partial charge in [0.2, 0.25) is 0 Å². The average molecular weight is 270 g/mol. The zero-order valence-corrected chi connectivity index (χ0v) is 9.95. The van der Waals surface area contributed by atoms with E-state index < -0.39 is 0 Å². The van der Waals surface area contributed by atoms with Gasteiger partial charge in [0, 0.05) is 11.0 Å². The molecule has 2 N–H and O–H groups in total. The molecule has 0 radical (unpaired) electrons. The Labute approximate surface area is 97.0 Å². The molecular formula is C11H12BrNO2. The van der Waals surface area contributed by atoms with Crippen LogP contribution in [0.4, 0.5) is 5.69 Å². The molecule has 4 heteroatoms. The molecule has 1 rings (SSSR count). The maximum atomic E-state index is 11.4. The van der Waals surface area contributed by atoms with Crippen molar-refractivity contribution in [2.75, 3.05) is 18.2 Å². The Balaban J connectivity index is 3.14. The molecule has 0 fully saturated rings. The molecule has 0 aliphatic rings.